The maximum absolute atomic E-state index is 11.5. The Bertz CT molecular complexity index is 1440. The van der Waals surface area contributed by atoms with Crippen LogP contribution in [0.4, 0.5) is 17.3 Å². The number of nitrogens with zero attached hydrogens (tertiary/aromatic N) is 6. The van der Waals surface area contributed by atoms with Crippen molar-refractivity contribution in [1.82, 2.24) is 25.2 Å². The molecule has 3 fully saturated rings. The summed E-state index contributed by atoms with van der Waals surface area (Å²) in [6.07, 6.45) is 2.23. The topological polar surface area (TPSA) is 138 Å². The average Bonchev–Trinajstić information content (AvgIpc) is 2.98. The second-order valence-electron chi connectivity index (χ2n) is 10.3. The third-order valence-corrected chi connectivity index (χ3v) is 7.67. The molecule has 0 spiro atoms. The van der Waals surface area contributed by atoms with Crippen molar-refractivity contribution in [2.24, 2.45) is 0 Å². The van der Waals surface area contributed by atoms with Gasteiger partial charge in [0.1, 0.15) is 30.0 Å². The molecule has 4 heterocycles. The molecule has 1 amide bonds. The van der Waals surface area contributed by atoms with E-state index in [0.717, 1.165) is 56.5 Å². The summed E-state index contributed by atoms with van der Waals surface area (Å²) in [5, 5.41) is 15.6. The SMILES string of the molecule is COc1cc(Nc2ncnc(-c3ccc(C#N)c(OC4CCC(=O)NC4)c3)n2)ccc1N1CCN(C2COC2)CC1. The largest absolute Gasteiger partial charge is 0.495 e. The van der Waals surface area contributed by atoms with Crippen molar-refractivity contribution in [1.29, 1.82) is 5.26 Å². The number of methoxy groups -OCH3 is 1. The Morgan fingerprint density at radius 3 is 2.66 bits per heavy atom. The van der Waals surface area contributed by atoms with Crippen LogP contribution < -0.4 is 25.0 Å². The van der Waals surface area contributed by atoms with Crippen molar-refractivity contribution >= 4 is 23.2 Å². The highest BCUT2D eigenvalue weighted by atomic mass is 16.5. The van der Waals surface area contributed by atoms with Crippen LogP contribution >= 0.6 is 0 Å². The lowest BCUT2D eigenvalue weighted by molar-refractivity contribution is -0.123. The van der Waals surface area contributed by atoms with E-state index in [4.69, 9.17) is 14.2 Å². The number of carbonyl (C=O) groups is 1. The van der Waals surface area contributed by atoms with Crippen molar-refractivity contribution in [3.05, 3.63) is 48.3 Å². The third-order valence-electron chi connectivity index (χ3n) is 7.67. The van der Waals surface area contributed by atoms with Gasteiger partial charge in [0.2, 0.25) is 11.9 Å². The monoisotopic (exact) mass is 556 g/mol. The van der Waals surface area contributed by atoms with Gasteiger partial charge in [-0.3, -0.25) is 9.69 Å². The van der Waals surface area contributed by atoms with Gasteiger partial charge in [-0.15, -0.1) is 0 Å². The first-order valence-corrected chi connectivity index (χ1v) is 13.8. The highest BCUT2D eigenvalue weighted by molar-refractivity contribution is 5.76. The fourth-order valence-corrected chi connectivity index (χ4v) is 5.25. The number of nitrogens with one attached hydrogen (secondary N) is 2. The van der Waals surface area contributed by atoms with Crippen molar-refractivity contribution in [3.63, 3.8) is 0 Å². The summed E-state index contributed by atoms with van der Waals surface area (Å²) in [4.78, 5) is 29.6. The molecule has 3 aliphatic rings. The predicted octanol–water partition coefficient (Wildman–Crippen LogP) is 2.34. The number of nitriles is 1. The first-order chi connectivity index (χ1) is 20.1. The first-order valence-electron chi connectivity index (χ1n) is 13.8. The summed E-state index contributed by atoms with van der Waals surface area (Å²) in [6, 6.07) is 13.9. The fraction of sp³-hybridized carbons (Fsp3) is 0.414. The van der Waals surface area contributed by atoms with Gasteiger partial charge in [0.25, 0.3) is 0 Å². The number of hydrogen-bond acceptors (Lipinski definition) is 11. The van der Waals surface area contributed by atoms with Crippen LogP contribution in [0.25, 0.3) is 11.4 Å². The maximum Gasteiger partial charge on any atom is 0.230 e. The molecule has 12 nitrogen and oxygen atoms in total. The molecule has 41 heavy (non-hydrogen) atoms. The molecule has 3 aliphatic heterocycles. The van der Waals surface area contributed by atoms with Crippen molar-refractivity contribution in [3.8, 4) is 29.0 Å². The zero-order valence-corrected chi connectivity index (χ0v) is 22.9. The molecule has 3 saturated heterocycles. The van der Waals surface area contributed by atoms with Crippen LogP contribution in [0, 0.1) is 11.3 Å². The molecule has 1 unspecified atom stereocenters. The Balaban J connectivity index is 1.15. The summed E-state index contributed by atoms with van der Waals surface area (Å²) >= 11 is 0. The van der Waals surface area contributed by atoms with Crippen molar-refractivity contribution in [2.45, 2.75) is 25.0 Å². The number of aromatic nitrogens is 3. The van der Waals surface area contributed by atoms with Crippen molar-refractivity contribution in [2.75, 3.05) is 63.3 Å². The molecular weight excluding hydrogens is 524 g/mol. The van der Waals surface area contributed by atoms with Gasteiger partial charge in [0.15, 0.2) is 5.82 Å². The fourth-order valence-electron chi connectivity index (χ4n) is 5.25. The van der Waals surface area contributed by atoms with E-state index in [1.165, 1.54) is 6.33 Å². The lowest BCUT2D eigenvalue weighted by Gasteiger charge is -2.43. The number of anilines is 3. The molecule has 12 heteroatoms. The minimum atomic E-state index is -0.204. The van der Waals surface area contributed by atoms with Crippen LogP contribution in [-0.2, 0) is 9.53 Å². The van der Waals surface area contributed by atoms with E-state index in [2.05, 4.69) is 47.5 Å². The normalized spacial score (nSPS) is 19.6. The van der Waals surface area contributed by atoms with Gasteiger partial charge in [0, 0.05) is 49.9 Å². The average molecular weight is 557 g/mol. The van der Waals surface area contributed by atoms with Gasteiger partial charge in [-0.2, -0.15) is 10.2 Å². The quantitative estimate of drug-likeness (QED) is 0.423. The third kappa shape index (κ3) is 6.01. The number of hydrogen-bond donors (Lipinski definition) is 2. The highest BCUT2D eigenvalue weighted by Crippen LogP contribution is 2.33. The first kappa shape index (κ1) is 26.7. The van der Waals surface area contributed by atoms with Crippen LogP contribution in [0.15, 0.2) is 42.7 Å². The second kappa shape index (κ2) is 12.0. The number of carbonyl (C=O) groups excluding carboxylic acids is 1. The summed E-state index contributed by atoms with van der Waals surface area (Å²) in [5.74, 6) is 2.03. The number of piperidine rings is 1. The van der Waals surface area contributed by atoms with E-state index < -0.39 is 0 Å². The minimum Gasteiger partial charge on any atom is -0.495 e. The van der Waals surface area contributed by atoms with Gasteiger partial charge in [-0.1, -0.05) is 0 Å². The molecule has 0 radical (unpaired) electrons. The van der Waals surface area contributed by atoms with E-state index in [9.17, 15) is 10.1 Å². The molecule has 0 aliphatic carbocycles. The maximum atomic E-state index is 11.5. The number of rotatable bonds is 8. The Hall–Kier alpha value is -4.47. The van der Waals surface area contributed by atoms with E-state index in [-0.39, 0.29) is 12.0 Å². The second-order valence-corrected chi connectivity index (χ2v) is 10.3. The molecule has 2 N–H and O–H groups in total. The summed E-state index contributed by atoms with van der Waals surface area (Å²) in [6.45, 7) is 5.95. The molecule has 6 rings (SSSR count). The molecule has 0 bridgehead atoms. The van der Waals surface area contributed by atoms with Crippen LogP contribution in [0.1, 0.15) is 18.4 Å². The molecule has 1 aromatic heterocycles. The van der Waals surface area contributed by atoms with Crippen LogP contribution in [-0.4, -0.2) is 91.0 Å². The molecule has 3 aromatic rings. The minimum absolute atomic E-state index is 0.00884. The summed E-state index contributed by atoms with van der Waals surface area (Å²) < 4.78 is 17.2. The number of piperazine rings is 1. The van der Waals surface area contributed by atoms with Crippen LogP contribution in [0.3, 0.4) is 0 Å². The Morgan fingerprint density at radius 1 is 1.10 bits per heavy atom. The lowest BCUT2D eigenvalue weighted by atomic mass is 10.1. The van der Waals surface area contributed by atoms with Gasteiger partial charge in [-0.25, -0.2) is 9.97 Å². The number of amides is 1. The van der Waals surface area contributed by atoms with Gasteiger partial charge in [0.05, 0.1) is 44.2 Å². The Kier molecular flexibility index (Phi) is 7.80. The van der Waals surface area contributed by atoms with Crippen molar-refractivity contribution < 1.29 is 19.0 Å². The molecular formula is C29H32N8O4. The number of ether oxygens (including phenoxy) is 3. The molecule has 1 atom stereocenters. The zero-order valence-electron chi connectivity index (χ0n) is 22.9. The Morgan fingerprint density at radius 2 is 1.95 bits per heavy atom. The molecule has 0 saturated carbocycles. The van der Waals surface area contributed by atoms with E-state index in [1.807, 2.05) is 12.1 Å². The highest BCUT2D eigenvalue weighted by Gasteiger charge is 2.29. The summed E-state index contributed by atoms with van der Waals surface area (Å²) in [7, 11) is 1.68. The Labute approximate surface area is 238 Å². The van der Waals surface area contributed by atoms with E-state index in [0.29, 0.717) is 54.1 Å². The van der Waals surface area contributed by atoms with Crippen LogP contribution in [0.2, 0.25) is 0 Å². The standard InChI is InChI=1S/C29H32N8O4/c1-39-26-13-21(4-6-24(26)37-10-8-36(9-11-37)22-16-40-17-22)34-29-33-18-32-28(35-29)19-2-3-20(14-30)25(12-19)41-23-5-7-27(38)31-15-23/h2-4,6,12-13,18,22-23H,5,7-11,15-17H2,1H3,(H,31,38)(H,32,33,34,35). The van der Waals surface area contributed by atoms with Crippen LogP contribution in [0.5, 0.6) is 11.5 Å². The van der Waals surface area contributed by atoms with Gasteiger partial charge >= 0.3 is 0 Å². The van der Waals surface area contributed by atoms with E-state index >= 15 is 0 Å². The zero-order chi connectivity index (χ0) is 28.2. The molecule has 2 aromatic carbocycles. The van der Waals surface area contributed by atoms with Gasteiger partial charge in [-0.05, 0) is 36.8 Å². The smallest absolute Gasteiger partial charge is 0.230 e. The molecule has 212 valence electrons. The lowest BCUT2D eigenvalue weighted by Crippen LogP contribution is -2.56. The number of benzene rings is 2. The predicted molar refractivity (Wildman–Crippen MR) is 151 cm³/mol. The summed E-state index contributed by atoms with van der Waals surface area (Å²) in [5.41, 5.74) is 2.94. The van der Waals surface area contributed by atoms with Gasteiger partial charge < -0.3 is 29.7 Å². The van der Waals surface area contributed by atoms with E-state index in [1.54, 1.807) is 25.3 Å².